The third-order valence-corrected chi connectivity index (χ3v) is 2.75. The minimum atomic E-state index is -0.416. The molecule has 0 amide bonds. The summed E-state index contributed by atoms with van der Waals surface area (Å²) in [6.45, 7) is 6.04. The van der Waals surface area contributed by atoms with Gasteiger partial charge in [0, 0.05) is 11.3 Å². The number of nitrogens with one attached hydrogen (secondary N) is 1. The van der Waals surface area contributed by atoms with Gasteiger partial charge in [0.15, 0.2) is 0 Å². The molecule has 4 nitrogen and oxygen atoms in total. The predicted octanol–water partition coefficient (Wildman–Crippen LogP) is 2.87. The molecule has 1 heterocycles. The van der Waals surface area contributed by atoms with Gasteiger partial charge >= 0.3 is 5.97 Å². The number of hydrogen-bond donors (Lipinski definition) is 1. The second-order valence-corrected chi connectivity index (χ2v) is 4.09. The summed E-state index contributed by atoms with van der Waals surface area (Å²) in [4.78, 5) is 18.9. The van der Waals surface area contributed by atoms with Crippen LogP contribution in [0.3, 0.4) is 0 Å². The molecule has 0 saturated carbocycles. The Morgan fingerprint density at radius 3 is 2.72 bits per heavy atom. The van der Waals surface area contributed by atoms with Crippen LogP contribution in [0.2, 0.25) is 0 Å². The molecular weight excluding hydrogens is 228 g/mol. The van der Waals surface area contributed by atoms with Crippen molar-refractivity contribution in [3.8, 4) is 11.3 Å². The van der Waals surface area contributed by atoms with Gasteiger partial charge in [-0.15, -0.1) is 0 Å². The monoisotopic (exact) mass is 244 g/mol. The zero-order valence-corrected chi connectivity index (χ0v) is 10.8. The molecule has 18 heavy (non-hydrogen) atoms. The maximum Gasteiger partial charge on any atom is 0.374 e. The minimum Gasteiger partial charge on any atom is -0.460 e. The van der Waals surface area contributed by atoms with Crippen molar-refractivity contribution in [2.75, 3.05) is 6.61 Å². The van der Waals surface area contributed by atoms with Crippen LogP contribution < -0.4 is 0 Å². The van der Waals surface area contributed by atoms with Crippen LogP contribution in [0, 0.1) is 13.8 Å². The fraction of sp³-hybridized carbons (Fsp3) is 0.286. The highest BCUT2D eigenvalue weighted by Crippen LogP contribution is 2.24. The van der Waals surface area contributed by atoms with Gasteiger partial charge in [0.25, 0.3) is 0 Å². The van der Waals surface area contributed by atoms with E-state index in [1.165, 1.54) is 0 Å². The van der Waals surface area contributed by atoms with Crippen molar-refractivity contribution in [2.24, 2.45) is 0 Å². The number of aromatic amines is 1. The Morgan fingerprint density at radius 1 is 1.33 bits per heavy atom. The number of hydrogen-bond acceptors (Lipinski definition) is 3. The van der Waals surface area contributed by atoms with Gasteiger partial charge in [-0.1, -0.05) is 24.3 Å². The molecule has 0 fully saturated rings. The summed E-state index contributed by atoms with van der Waals surface area (Å²) in [5.41, 5.74) is 3.83. The van der Waals surface area contributed by atoms with Crippen molar-refractivity contribution >= 4 is 5.97 Å². The molecule has 1 aromatic heterocycles. The van der Waals surface area contributed by atoms with Gasteiger partial charge in [0.2, 0.25) is 5.82 Å². The third-order valence-electron chi connectivity index (χ3n) is 2.75. The molecule has 0 aliphatic rings. The van der Waals surface area contributed by atoms with E-state index in [2.05, 4.69) is 9.97 Å². The molecular formula is C14H16N2O2. The summed E-state index contributed by atoms with van der Waals surface area (Å²) in [7, 11) is 0. The van der Waals surface area contributed by atoms with E-state index < -0.39 is 5.97 Å². The first kappa shape index (κ1) is 12.4. The molecule has 0 atom stereocenters. The summed E-state index contributed by atoms with van der Waals surface area (Å²) >= 11 is 0. The molecule has 2 aromatic rings. The van der Waals surface area contributed by atoms with Crippen LogP contribution in [0.5, 0.6) is 0 Å². The van der Waals surface area contributed by atoms with Crippen LogP contribution >= 0.6 is 0 Å². The van der Waals surface area contributed by atoms with E-state index in [9.17, 15) is 4.79 Å². The molecule has 2 rings (SSSR count). The van der Waals surface area contributed by atoms with Crippen molar-refractivity contribution in [3.05, 3.63) is 41.3 Å². The summed E-state index contributed by atoms with van der Waals surface area (Å²) in [5.74, 6) is -0.159. The van der Waals surface area contributed by atoms with Crippen LogP contribution in [0.4, 0.5) is 0 Å². The molecule has 0 aliphatic heterocycles. The Hall–Kier alpha value is -2.10. The zero-order chi connectivity index (χ0) is 13.1. The van der Waals surface area contributed by atoms with Gasteiger partial charge < -0.3 is 9.72 Å². The van der Waals surface area contributed by atoms with E-state index in [0.29, 0.717) is 6.61 Å². The topological polar surface area (TPSA) is 55.0 Å². The van der Waals surface area contributed by atoms with Gasteiger partial charge in [0.05, 0.1) is 12.3 Å². The molecule has 0 aliphatic carbocycles. The van der Waals surface area contributed by atoms with Crippen LogP contribution in [0.1, 0.15) is 28.8 Å². The van der Waals surface area contributed by atoms with Crippen LogP contribution in [0.25, 0.3) is 11.3 Å². The molecule has 0 saturated heterocycles. The summed E-state index contributed by atoms with van der Waals surface area (Å²) < 4.78 is 4.93. The highest BCUT2D eigenvalue weighted by Gasteiger charge is 2.16. The third kappa shape index (κ3) is 2.27. The van der Waals surface area contributed by atoms with Crippen LogP contribution in [-0.2, 0) is 4.74 Å². The van der Waals surface area contributed by atoms with Crippen molar-refractivity contribution in [1.29, 1.82) is 0 Å². The molecule has 4 heteroatoms. The first-order valence-corrected chi connectivity index (χ1v) is 5.93. The first-order chi connectivity index (χ1) is 8.63. The number of carbonyl (C=O) groups excluding carboxylic acids is 1. The normalized spacial score (nSPS) is 10.4. The van der Waals surface area contributed by atoms with Crippen molar-refractivity contribution in [2.45, 2.75) is 20.8 Å². The van der Waals surface area contributed by atoms with Gasteiger partial charge in [-0.2, -0.15) is 0 Å². The number of rotatable bonds is 3. The van der Waals surface area contributed by atoms with E-state index in [-0.39, 0.29) is 5.82 Å². The van der Waals surface area contributed by atoms with E-state index in [1.807, 2.05) is 38.1 Å². The number of ether oxygens (including phenoxy) is 1. The molecule has 1 aromatic carbocycles. The Labute approximate surface area is 106 Å². The number of benzene rings is 1. The molecule has 0 unspecified atom stereocenters. The van der Waals surface area contributed by atoms with Gasteiger partial charge in [-0.05, 0) is 26.3 Å². The van der Waals surface area contributed by atoms with Crippen molar-refractivity contribution < 1.29 is 9.53 Å². The van der Waals surface area contributed by atoms with E-state index >= 15 is 0 Å². The number of esters is 1. The number of nitrogens with zero attached hydrogens (tertiary/aromatic N) is 1. The smallest absolute Gasteiger partial charge is 0.374 e. The Balaban J connectivity index is 2.42. The Morgan fingerprint density at radius 2 is 2.06 bits per heavy atom. The Bertz CT molecular complexity index is 573. The fourth-order valence-corrected chi connectivity index (χ4v) is 1.86. The standard InChI is InChI=1S/C14H16N2O2/c1-4-18-14(17)13-15-10(3)12(16-13)11-8-6-5-7-9(11)2/h5-8H,4H2,1-3H3,(H,15,16). The second kappa shape index (κ2) is 5.04. The highest BCUT2D eigenvalue weighted by atomic mass is 16.5. The van der Waals surface area contributed by atoms with E-state index in [0.717, 1.165) is 22.5 Å². The lowest BCUT2D eigenvalue weighted by molar-refractivity contribution is 0.0513. The minimum absolute atomic E-state index is 0.257. The van der Waals surface area contributed by atoms with Gasteiger partial charge in [-0.25, -0.2) is 9.78 Å². The van der Waals surface area contributed by atoms with Crippen LogP contribution in [0.15, 0.2) is 24.3 Å². The molecule has 1 N–H and O–H groups in total. The molecule has 0 radical (unpaired) electrons. The number of aryl methyl sites for hydroxylation is 2. The average molecular weight is 244 g/mol. The number of imidazole rings is 1. The SMILES string of the molecule is CCOC(=O)c1nc(-c2ccccc2C)c(C)[nH]1. The van der Waals surface area contributed by atoms with Gasteiger partial charge in [0.1, 0.15) is 0 Å². The number of carbonyl (C=O) groups is 1. The van der Waals surface area contributed by atoms with Gasteiger partial charge in [-0.3, -0.25) is 0 Å². The fourth-order valence-electron chi connectivity index (χ4n) is 1.86. The second-order valence-electron chi connectivity index (χ2n) is 4.09. The predicted molar refractivity (Wildman–Crippen MR) is 69.5 cm³/mol. The number of H-pyrrole nitrogens is 1. The summed E-state index contributed by atoms with van der Waals surface area (Å²) in [5, 5.41) is 0. The maximum atomic E-state index is 11.6. The van der Waals surface area contributed by atoms with E-state index in [4.69, 9.17) is 4.74 Å². The van der Waals surface area contributed by atoms with E-state index in [1.54, 1.807) is 6.92 Å². The maximum absolute atomic E-state index is 11.6. The summed E-state index contributed by atoms with van der Waals surface area (Å²) in [6, 6.07) is 7.95. The lowest BCUT2D eigenvalue weighted by Gasteiger charge is -2.02. The quantitative estimate of drug-likeness (QED) is 0.845. The average Bonchev–Trinajstić information content (AvgIpc) is 2.72. The highest BCUT2D eigenvalue weighted by molar-refractivity contribution is 5.86. The summed E-state index contributed by atoms with van der Waals surface area (Å²) in [6.07, 6.45) is 0. The number of aromatic nitrogens is 2. The lowest BCUT2D eigenvalue weighted by Crippen LogP contribution is -2.06. The first-order valence-electron chi connectivity index (χ1n) is 5.93. The lowest BCUT2D eigenvalue weighted by atomic mass is 10.1. The Kier molecular flexibility index (Phi) is 3.46. The molecule has 0 bridgehead atoms. The van der Waals surface area contributed by atoms with Crippen molar-refractivity contribution in [3.63, 3.8) is 0 Å². The largest absolute Gasteiger partial charge is 0.460 e. The molecule has 94 valence electrons. The van der Waals surface area contributed by atoms with Crippen molar-refractivity contribution in [1.82, 2.24) is 9.97 Å². The van der Waals surface area contributed by atoms with Crippen LogP contribution in [-0.4, -0.2) is 22.5 Å². The molecule has 0 spiro atoms. The zero-order valence-electron chi connectivity index (χ0n) is 10.8.